The van der Waals surface area contributed by atoms with E-state index in [-0.39, 0.29) is 0 Å². The molecule has 136 valence electrons. The fourth-order valence-electron chi connectivity index (χ4n) is 4.32. The van der Waals surface area contributed by atoms with Crippen LogP contribution in [0.3, 0.4) is 0 Å². The summed E-state index contributed by atoms with van der Waals surface area (Å²) in [6.45, 7) is 14.8. The second-order valence-electron chi connectivity index (χ2n) is 7.61. The Morgan fingerprint density at radius 2 is 1.58 bits per heavy atom. The number of nitrogens with zero attached hydrogens (tertiary/aromatic N) is 1. The Morgan fingerprint density at radius 3 is 2.08 bits per heavy atom. The molecule has 0 saturated heterocycles. The van der Waals surface area contributed by atoms with Gasteiger partial charge in [-0.15, -0.1) is 0 Å². The van der Waals surface area contributed by atoms with Gasteiger partial charge in [0.25, 0.3) is 0 Å². The van der Waals surface area contributed by atoms with Crippen molar-refractivity contribution in [2.75, 3.05) is 13.2 Å². The summed E-state index contributed by atoms with van der Waals surface area (Å²) >= 11 is 0. The van der Waals surface area contributed by atoms with Crippen molar-refractivity contribution in [1.82, 2.24) is 4.31 Å². The first kappa shape index (κ1) is 19.6. The molecule has 0 fully saturated rings. The van der Waals surface area contributed by atoms with Gasteiger partial charge in [0, 0.05) is 19.7 Å². The van der Waals surface area contributed by atoms with E-state index in [0.717, 1.165) is 5.56 Å². The topological polar surface area (TPSA) is 46.6 Å². The molecule has 6 heteroatoms. The summed E-state index contributed by atoms with van der Waals surface area (Å²) in [6.07, 6.45) is 0. The van der Waals surface area contributed by atoms with Crippen molar-refractivity contribution in [3.8, 4) is 0 Å². The highest BCUT2D eigenvalue weighted by atomic mass is 32.2. The number of benzene rings is 1. The van der Waals surface area contributed by atoms with E-state index in [2.05, 4.69) is 41.5 Å². The van der Waals surface area contributed by atoms with E-state index in [1.807, 2.05) is 12.1 Å². The summed E-state index contributed by atoms with van der Waals surface area (Å²) in [5, 5.41) is 0. The van der Waals surface area contributed by atoms with E-state index in [0.29, 0.717) is 41.2 Å². The standard InChI is InChI=1S/C18H31NO3SSi/c1-14(2)24(15(3)4,16(5)6)22-12-11-19-13-17-9-7-8-10-18(17)23(19,20)21/h7-10,14-16H,11-13H2,1-6H3. The molecule has 0 spiro atoms. The highest BCUT2D eigenvalue weighted by Crippen LogP contribution is 2.42. The van der Waals surface area contributed by atoms with Crippen molar-refractivity contribution in [2.45, 2.75) is 69.6 Å². The monoisotopic (exact) mass is 369 g/mol. The Morgan fingerprint density at radius 1 is 1.04 bits per heavy atom. The first-order chi connectivity index (χ1) is 11.1. The van der Waals surface area contributed by atoms with Crippen LogP contribution in [0, 0.1) is 0 Å². The van der Waals surface area contributed by atoms with Crippen LogP contribution in [0.1, 0.15) is 47.1 Å². The number of sulfonamides is 1. The van der Waals surface area contributed by atoms with Crippen LogP contribution in [0.25, 0.3) is 0 Å². The van der Waals surface area contributed by atoms with Crippen LogP contribution in [0.4, 0.5) is 0 Å². The van der Waals surface area contributed by atoms with Gasteiger partial charge in [-0.2, -0.15) is 4.31 Å². The normalized spacial score (nSPS) is 17.9. The van der Waals surface area contributed by atoms with Gasteiger partial charge in [0.2, 0.25) is 10.0 Å². The van der Waals surface area contributed by atoms with Crippen molar-refractivity contribution in [2.24, 2.45) is 0 Å². The molecule has 1 heterocycles. The van der Waals surface area contributed by atoms with Gasteiger partial charge < -0.3 is 4.43 Å². The third-order valence-corrected chi connectivity index (χ3v) is 13.4. The van der Waals surface area contributed by atoms with Crippen LogP contribution in [0.2, 0.25) is 16.6 Å². The Labute approximate surface area is 148 Å². The lowest BCUT2D eigenvalue weighted by atomic mass is 10.2. The van der Waals surface area contributed by atoms with Gasteiger partial charge in [0.15, 0.2) is 8.32 Å². The average molecular weight is 370 g/mol. The number of hydrogen-bond donors (Lipinski definition) is 0. The van der Waals surface area contributed by atoms with Crippen molar-refractivity contribution in [1.29, 1.82) is 0 Å². The van der Waals surface area contributed by atoms with E-state index in [4.69, 9.17) is 4.43 Å². The van der Waals surface area contributed by atoms with Crippen LogP contribution in [-0.4, -0.2) is 34.2 Å². The molecule has 1 aliphatic rings. The molecule has 0 amide bonds. The largest absolute Gasteiger partial charge is 0.415 e. The highest BCUT2D eigenvalue weighted by Gasteiger charge is 2.45. The fraction of sp³-hybridized carbons (Fsp3) is 0.667. The summed E-state index contributed by atoms with van der Waals surface area (Å²) in [5.74, 6) is 0. The maximum Gasteiger partial charge on any atom is 0.243 e. The molecule has 0 saturated carbocycles. The predicted molar refractivity (Wildman–Crippen MR) is 101 cm³/mol. The van der Waals surface area contributed by atoms with Gasteiger partial charge in [0.1, 0.15) is 0 Å². The maximum atomic E-state index is 12.6. The summed E-state index contributed by atoms with van der Waals surface area (Å²) in [7, 11) is -5.30. The highest BCUT2D eigenvalue weighted by molar-refractivity contribution is 7.89. The van der Waals surface area contributed by atoms with Crippen LogP contribution >= 0.6 is 0 Å². The van der Waals surface area contributed by atoms with Crippen molar-refractivity contribution in [3.05, 3.63) is 29.8 Å². The Bertz CT molecular complexity index is 649. The molecule has 0 bridgehead atoms. The van der Waals surface area contributed by atoms with E-state index >= 15 is 0 Å². The quantitative estimate of drug-likeness (QED) is 0.670. The van der Waals surface area contributed by atoms with Crippen LogP contribution in [-0.2, 0) is 21.0 Å². The van der Waals surface area contributed by atoms with Crippen LogP contribution in [0.15, 0.2) is 29.2 Å². The number of fused-ring (bicyclic) bond motifs is 1. The predicted octanol–water partition coefficient (Wildman–Crippen LogP) is 4.38. The van der Waals surface area contributed by atoms with E-state index in [1.54, 1.807) is 16.4 Å². The third-order valence-electron chi connectivity index (χ3n) is 5.34. The van der Waals surface area contributed by atoms with Crippen molar-refractivity contribution >= 4 is 18.3 Å². The molecule has 4 nitrogen and oxygen atoms in total. The van der Waals surface area contributed by atoms with Gasteiger partial charge in [-0.25, -0.2) is 8.42 Å². The summed E-state index contributed by atoms with van der Waals surface area (Å²) in [6, 6.07) is 7.26. The Hall–Kier alpha value is -0.693. The molecule has 0 N–H and O–H groups in total. The molecule has 0 radical (unpaired) electrons. The molecule has 0 unspecified atom stereocenters. The molecule has 0 atom stereocenters. The molecule has 1 aliphatic heterocycles. The second-order valence-corrected chi connectivity index (χ2v) is 15.0. The summed E-state index contributed by atoms with van der Waals surface area (Å²) < 4.78 is 33.3. The summed E-state index contributed by atoms with van der Waals surface area (Å²) in [5.41, 5.74) is 2.40. The lowest BCUT2D eigenvalue weighted by molar-refractivity contribution is 0.245. The average Bonchev–Trinajstić information content (AvgIpc) is 2.74. The van der Waals surface area contributed by atoms with Crippen molar-refractivity contribution in [3.63, 3.8) is 0 Å². The van der Waals surface area contributed by atoms with Gasteiger partial charge in [-0.3, -0.25) is 0 Å². The van der Waals surface area contributed by atoms with Gasteiger partial charge in [-0.1, -0.05) is 59.7 Å². The first-order valence-corrected chi connectivity index (χ1v) is 12.4. The first-order valence-electron chi connectivity index (χ1n) is 8.86. The van der Waals surface area contributed by atoms with Gasteiger partial charge in [0.05, 0.1) is 4.90 Å². The minimum absolute atomic E-state index is 0.428. The Kier molecular flexibility index (Phi) is 5.95. The third kappa shape index (κ3) is 3.34. The number of hydrogen-bond acceptors (Lipinski definition) is 3. The molecular formula is C18H31NO3SSi. The SMILES string of the molecule is CC(C)[Si](OCCN1Cc2ccccc2S1(=O)=O)(C(C)C)C(C)C. The lowest BCUT2D eigenvalue weighted by Crippen LogP contribution is -2.49. The van der Waals surface area contributed by atoms with Crippen LogP contribution in [0.5, 0.6) is 0 Å². The molecule has 1 aromatic rings. The molecule has 0 aromatic heterocycles. The second kappa shape index (κ2) is 7.28. The molecule has 24 heavy (non-hydrogen) atoms. The minimum atomic E-state index is -3.36. The Balaban J connectivity index is 2.09. The molecule has 1 aromatic carbocycles. The fourth-order valence-corrected chi connectivity index (χ4v) is 11.4. The lowest BCUT2D eigenvalue weighted by Gasteiger charge is -2.42. The smallest absolute Gasteiger partial charge is 0.243 e. The van der Waals surface area contributed by atoms with E-state index < -0.39 is 18.3 Å². The molecule has 0 aliphatic carbocycles. The van der Waals surface area contributed by atoms with E-state index in [9.17, 15) is 8.42 Å². The van der Waals surface area contributed by atoms with Crippen LogP contribution < -0.4 is 0 Å². The zero-order valence-corrected chi connectivity index (χ0v) is 17.6. The zero-order valence-electron chi connectivity index (χ0n) is 15.7. The van der Waals surface area contributed by atoms with E-state index in [1.165, 1.54) is 0 Å². The summed E-state index contributed by atoms with van der Waals surface area (Å²) in [4.78, 5) is 0.449. The molecular weight excluding hydrogens is 338 g/mol. The van der Waals surface area contributed by atoms with Gasteiger partial charge in [-0.05, 0) is 28.3 Å². The zero-order chi connectivity index (χ0) is 18.1. The molecule has 2 rings (SSSR count). The van der Waals surface area contributed by atoms with Gasteiger partial charge >= 0.3 is 0 Å². The maximum absolute atomic E-state index is 12.6. The minimum Gasteiger partial charge on any atom is -0.415 e. The van der Waals surface area contributed by atoms with Crippen molar-refractivity contribution < 1.29 is 12.8 Å². The number of rotatable bonds is 7.